The molecule has 5 nitrogen and oxygen atoms in total. The highest BCUT2D eigenvalue weighted by Crippen LogP contribution is 2.29. The highest BCUT2D eigenvalue weighted by molar-refractivity contribution is 7.16. The Morgan fingerprint density at radius 2 is 2.23 bits per heavy atom. The van der Waals surface area contributed by atoms with Gasteiger partial charge < -0.3 is 10.6 Å². The molecule has 2 aromatic heterocycles. The smallest absolute Gasteiger partial charge is 0.280 e. The van der Waals surface area contributed by atoms with Crippen molar-refractivity contribution in [2.45, 2.75) is 37.4 Å². The summed E-state index contributed by atoms with van der Waals surface area (Å²) in [7, 11) is 0. The van der Waals surface area contributed by atoms with Crippen LogP contribution in [0.1, 0.15) is 29.1 Å². The van der Waals surface area contributed by atoms with Crippen LogP contribution in [0, 0.1) is 5.95 Å². The van der Waals surface area contributed by atoms with Crippen LogP contribution < -0.4 is 10.6 Å². The number of carbonyl (C=O) groups is 1. The van der Waals surface area contributed by atoms with Gasteiger partial charge in [0, 0.05) is 36.1 Å². The van der Waals surface area contributed by atoms with Crippen molar-refractivity contribution in [1.29, 1.82) is 0 Å². The zero-order valence-electron chi connectivity index (χ0n) is 11.8. The highest BCUT2D eigenvalue weighted by Gasteiger charge is 2.39. The molecule has 0 spiro atoms. The summed E-state index contributed by atoms with van der Waals surface area (Å²) in [5, 5.41) is 7.00. The molecule has 2 aromatic rings. The highest BCUT2D eigenvalue weighted by atomic mass is 32.1. The first-order valence-electron chi connectivity index (χ1n) is 7.34. The number of fused-ring (bicyclic) bond motifs is 2. The van der Waals surface area contributed by atoms with Gasteiger partial charge in [-0.15, -0.1) is 11.3 Å². The lowest BCUT2D eigenvalue weighted by atomic mass is 9.95. The van der Waals surface area contributed by atoms with Gasteiger partial charge in [0.2, 0.25) is 5.95 Å². The molecule has 114 valence electrons. The largest absolute Gasteiger partial charge is 0.346 e. The van der Waals surface area contributed by atoms with Crippen molar-refractivity contribution in [2.24, 2.45) is 0 Å². The predicted octanol–water partition coefficient (Wildman–Crippen LogP) is 1.97. The van der Waals surface area contributed by atoms with Gasteiger partial charge in [-0.25, -0.2) is 9.97 Å². The van der Waals surface area contributed by atoms with Crippen LogP contribution in [0.4, 0.5) is 4.39 Å². The average Bonchev–Trinajstić information content (AvgIpc) is 3.24. The molecule has 3 unspecified atom stereocenters. The van der Waals surface area contributed by atoms with Crippen molar-refractivity contribution >= 4 is 17.2 Å². The number of nitrogens with zero attached hydrogens (tertiary/aromatic N) is 2. The molecule has 22 heavy (non-hydrogen) atoms. The molecule has 4 heterocycles. The van der Waals surface area contributed by atoms with E-state index >= 15 is 0 Å². The number of nitrogens with one attached hydrogen (secondary N) is 2. The number of rotatable bonds is 3. The molecular weight excluding hydrogens is 303 g/mol. The Morgan fingerprint density at radius 1 is 1.32 bits per heavy atom. The molecule has 7 heteroatoms. The minimum atomic E-state index is -0.519. The first-order chi connectivity index (χ1) is 10.7. The maximum Gasteiger partial charge on any atom is 0.280 e. The number of hydrogen-bond donors (Lipinski definition) is 2. The van der Waals surface area contributed by atoms with Crippen LogP contribution in [0.5, 0.6) is 0 Å². The summed E-state index contributed by atoms with van der Waals surface area (Å²) >= 11 is 1.30. The quantitative estimate of drug-likeness (QED) is 0.849. The summed E-state index contributed by atoms with van der Waals surface area (Å²) in [5.74, 6) is -0.652. The molecule has 2 saturated heterocycles. The molecule has 2 N–H and O–H groups in total. The fourth-order valence-corrected chi connectivity index (χ4v) is 4.06. The second kappa shape index (κ2) is 5.40. The van der Waals surface area contributed by atoms with E-state index in [-0.39, 0.29) is 11.9 Å². The SMILES string of the molecule is O=C(NC1CC2CCC1N2)c1ncc(-c2ccc(F)nc2)s1. The molecule has 0 radical (unpaired) electrons. The van der Waals surface area contributed by atoms with E-state index in [4.69, 9.17) is 0 Å². The van der Waals surface area contributed by atoms with E-state index in [2.05, 4.69) is 20.6 Å². The number of aromatic nitrogens is 2. The van der Waals surface area contributed by atoms with E-state index in [0.29, 0.717) is 17.1 Å². The Labute approximate surface area is 131 Å². The summed E-state index contributed by atoms with van der Waals surface area (Å²) < 4.78 is 12.8. The van der Waals surface area contributed by atoms with Crippen LogP contribution in [0.2, 0.25) is 0 Å². The Kier molecular flexibility index (Phi) is 3.38. The van der Waals surface area contributed by atoms with Crippen LogP contribution in [-0.2, 0) is 0 Å². The lowest BCUT2D eigenvalue weighted by Gasteiger charge is -2.20. The Hall–Kier alpha value is -1.86. The summed E-state index contributed by atoms with van der Waals surface area (Å²) in [4.78, 5) is 20.9. The van der Waals surface area contributed by atoms with Gasteiger partial charge in [0.1, 0.15) is 0 Å². The zero-order valence-corrected chi connectivity index (χ0v) is 12.6. The maximum atomic E-state index is 12.8. The molecule has 4 rings (SSSR count). The topological polar surface area (TPSA) is 66.9 Å². The molecule has 2 aliphatic heterocycles. The lowest BCUT2D eigenvalue weighted by Crippen LogP contribution is -2.42. The van der Waals surface area contributed by atoms with Gasteiger partial charge in [-0.1, -0.05) is 0 Å². The van der Waals surface area contributed by atoms with Crippen molar-refractivity contribution in [3.8, 4) is 10.4 Å². The summed E-state index contributed by atoms with van der Waals surface area (Å²) in [5.41, 5.74) is 0.763. The minimum Gasteiger partial charge on any atom is -0.346 e. The standard InChI is InChI=1S/C15H15FN4OS/c16-13-4-1-8(6-17-13)12-7-18-15(22-12)14(21)20-11-5-9-2-3-10(11)19-9/h1,4,6-7,9-11,19H,2-3,5H2,(H,20,21). The van der Waals surface area contributed by atoms with E-state index in [1.54, 1.807) is 12.3 Å². The average molecular weight is 318 g/mol. The van der Waals surface area contributed by atoms with Crippen molar-refractivity contribution in [1.82, 2.24) is 20.6 Å². The molecular formula is C15H15FN4OS. The number of halogens is 1. The predicted molar refractivity (Wildman–Crippen MR) is 81.1 cm³/mol. The number of hydrogen-bond acceptors (Lipinski definition) is 5. The van der Waals surface area contributed by atoms with Gasteiger partial charge in [-0.05, 0) is 31.4 Å². The number of carbonyl (C=O) groups excluding carboxylic acids is 1. The van der Waals surface area contributed by atoms with E-state index in [9.17, 15) is 9.18 Å². The third kappa shape index (κ3) is 2.50. The molecule has 0 saturated carbocycles. The normalized spacial score (nSPS) is 26.3. The Balaban J connectivity index is 1.46. The molecule has 2 bridgehead atoms. The second-order valence-electron chi connectivity index (χ2n) is 5.76. The fourth-order valence-electron chi connectivity index (χ4n) is 3.25. The van der Waals surface area contributed by atoms with Gasteiger partial charge in [-0.3, -0.25) is 4.79 Å². The minimum absolute atomic E-state index is 0.134. The monoisotopic (exact) mass is 318 g/mol. The van der Waals surface area contributed by atoms with Gasteiger partial charge >= 0.3 is 0 Å². The fraction of sp³-hybridized carbons (Fsp3) is 0.400. The second-order valence-corrected chi connectivity index (χ2v) is 6.79. The van der Waals surface area contributed by atoms with E-state index in [0.717, 1.165) is 23.3 Å². The van der Waals surface area contributed by atoms with E-state index in [1.165, 1.54) is 30.0 Å². The van der Waals surface area contributed by atoms with Crippen molar-refractivity contribution < 1.29 is 9.18 Å². The third-order valence-corrected chi connectivity index (χ3v) is 5.37. The zero-order chi connectivity index (χ0) is 15.1. The van der Waals surface area contributed by atoms with Crippen LogP contribution >= 0.6 is 11.3 Å². The lowest BCUT2D eigenvalue weighted by molar-refractivity contribution is 0.0930. The van der Waals surface area contributed by atoms with Crippen LogP contribution in [0.15, 0.2) is 24.5 Å². The van der Waals surface area contributed by atoms with Crippen molar-refractivity contribution in [2.75, 3.05) is 0 Å². The Morgan fingerprint density at radius 3 is 2.91 bits per heavy atom. The molecule has 0 aromatic carbocycles. The summed E-state index contributed by atoms with van der Waals surface area (Å²) in [6.45, 7) is 0. The Bertz CT molecular complexity index is 702. The van der Waals surface area contributed by atoms with Gasteiger partial charge in [0.25, 0.3) is 5.91 Å². The van der Waals surface area contributed by atoms with Crippen LogP contribution in [0.25, 0.3) is 10.4 Å². The molecule has 2 aliphatic rings. The summed E-state index contributed by atoms with van der Waals surface area (Å²) in [6, 6.07) is 4.08. The third-order valence-electron chi connectivity index (χ3n) is 4.33. The first kappa shape index (κ1) is 13.8. The molecule has 3 atom stereocenters. The van der Waals surface area contributed by atoms with Gasteiger partial charge in [0.15, 0.2) is 5.01 Å². The number of thiazole rings is 1. The molecule has 1 amide bonds. The van der Waals surface area contributed by atoms with Crippen molar-refractivity contribution in [3.63, 3.8) is 0 Å². The van der Waals surface area contributed by atoms with Gasteiger partial charge in [-0.2, -0.15) is 4.39 Å². The molecule has 2 fully saturated rings. The van der Waals surface area contributed by atoms with E-state index < -0.39 is 5.95 Å². The number of pyridine rings is 1. The van der Waals surface area contributed by atoms with Crippen molar-refractivity contribution in [3.05, 3.63) is 35.5 Å². The van der Waals surface area contributed by atoms with Crippen LogP contribution in [0.3, 0.4) is 0 Å². The first-order valence-corrected chi connectivity index (χ1v) is 8.15. The maximum absolute atomic E-state index is 12.8. The molecule has 0 aliphatic carbocycles. The summed E-state index contributed by atoms with van der Waals surface area (Å²) in [6.07, 6.45) is 6.41. The number of amides is 1. The van der Waals surface area contributed by atoms with Crippen LogP contribution in [-0.4, -0.2) is 34.0 Å². The van der Waals surface area contributed by atoms with E-state index in [1.807, 2.05) is 0 Å². The van der Waals surface area contributed by atoms with Gasteiger partial charge in [0.05, 0.1) is 4.88 Å².